The van der Waals surface area contributed by atoms with Gasteiger partial charge in [-0.25, -0.2) is 14.5 Å². The summed E-state index contributed by atoms with van der Waals surface area (Å²) in [6.45, 7) is 1.82. The molecular weight excluding hydrogens is 446 g/mol. The van der Waals surface area contributed by atoms with Crippen molar-refractivity contribution in [1.82, 2.24) is 19.7 Å². The van der Waals surface area contributed by atoms with Gasteiger partial charge in [-0.15, -0.1) is 0 Å². The second-order valence-electron chi connectivity index (χ2n) is 6.81. The van der Waals surface area contributed by atoms with E-state index in [1.165, 1.54) is 17.1 Å². The molecule has 0 spiro atoms. The molecule has 2 N–H and O–H groups in total. The molecule has 4 rings (SSSR count). The van der Waals surface area contributed by atoms with Gasteiger partial charge in [-0.2, -0.15) is 5.10 Å². The van der Waals surface area contributed by atoms with Crippen LogP contribution in [0.4, 0.5) is 5.82 Å². The normalized spacial score (nSPS) is 10.6. The third kappa shape index (κ3) is 4.68. The Morgan fingerprint density at radius 3 is 2.45 bits per heavy atom. The number of rotatable bonds is 6. The summed E-state index contributed by atoms with van der Waals surface area (Å²) in [7, 11) is 0. The Labute approximate surface area is 193 Å². The highest BCUT2D eigenvalue weighted by Crippen LogP contribution is 2.22. The van der Waals surface area contributed by atoms with Crippen LogP contribution >= 0.6 is 11.6 Å². The quantitative estimate of drug-likeness (QED) is 0.421. The van der Waals surface area contributed by atoms with Gasteiger partial charge < -0.3 is 15.0 Å². The Balaban J connectivity index is 1.68. The van der Waals surface area contributed by atoms with Crippen LogP contribution < -0.4 is 10.9 Å². The summed E-state index contributed by atoms with van der Waals surface area (Å²) in [6.07, 6.45) is 2.47. The minimum absolute atomic E-state index is 0.0521. The summed E-state index contributed by atoms with van der Waals surface area (Å²) in [5, 5.41) is 7.36. The van der Waals surface area contributed by atoms with E-state index in [1.54, 1.807) is 55.5 Å². The number of carbonyl (C=O) groups is 2. The molecule has 2 aromatic heterocycles. The maximum Gasteiger partial charge on any atom is 0.343 e. The number of amides is 1. The van der Waals surface area contributed by atoms with E-state index >= 15 is 0 Å². The van der Waals surface area contributed by atoms with E-state index in [-0.39, 0.29) is 29.4 Å². The van der Waals surface area contributed by atoms with Crippen molar-refractivity contribution in [2.75, 3.05) is 11.9 Å². The predicted molar refractivity (Wildman–Crippen MR) is 123 cm³/mol. The molecule has 0 atom stereocenters. The zero-order chi connectivity index (χ0) is 23.4. The first kappa shape index (κ1) is 22.0. The van der Waals surface area contributed by atoms with Gasteiger partial charge in [0, 0.05) is 16.8 Å². The van der Waals surface area contributed by atoms with E-state index in [1.807, 2.05) is 6.07 Å². The number of benzene rings is 2. The third-order valence-corrected chi connectivity index (χ3v) is 4.91. The molecule has 0 aliphatic rings. The monoisotopic (exact) mass is 463 g/mol. The van der Waals surface area contributed by atoms with Crippen LogP contribution in [0.3, 0.4) is 0 Å². The number of anilines is 1. The van der Waals surface area contributed by atoms with Crippen LogP contribution in [-0.2, 0) is 4.74 Å². The number of halogens is 1. The molecule has 0 aliphatic carbocycles. The van der Waals surface area contributed by atoms with Crippen LogP contribution in [0.5, 0.6) is 0 Å². The topological polar surface area (TPSA) is 119 Å². The molecule has 2 aromatic carbocycles. The van der Waals surface area contributed by atoms with Gasteiger partial charge in [0.2, 0.25) is 0 Å². The number of para-hydroxylation sites is 1. The van der Waals surface area contributed by atoms with Crippen LogP contribution in [-0.4, -0.2) is 38.2 Å². The fourth-order valence-corrected chi connectivity index (χ4v) is 3.20. The summed E-state index contributed by atoms with van der Waals surface area (Å²) in [6, 6.07) is 15.6. The van der Waals surface area contributed by atoms with E-state index in [0.717, 1.165) is 0 Å². The zero-order valence-electron chi connectivity index (χ0n) is 17.4. The number of nitrogens with one attached hydrogen (secondary N) is 2. The lowest BCUT2D eigenvalue weighted by molar-refractivity contribution is 0.0527. The van der Waals surface area contributed by atoms with Crippen molar-refractivity contribution >= 4 is 29.3 Å². The second kappa shape index (κ2) is 9.49. The number of aromatic amines is 1. The van der Waals surface area contributed by atoms with Crippen LogP contribution in [0.2, 0.25) is 5.02 Å². The van der Waals surface area contributed by atoms with Crippen molar-refractivity contribution in [2.45, 2.75) is 6.92 Å². The van der Waals surface area contributed by atoms with E-state index in [0.29, 0.717) is 16.3 Å². The molecule has 9 nitrogen and oxygen atoms in total. The molecule has 0 radical (unpaired) electrons. The molecule has 0 aliphatic heterocycles. The van der Waals surface area contributed by atoms with Gasteiger partial charge in [0.25, 0.3) is 11.5 Å². The average molecular weight is 464 g/mol. The highest BCUT2D eigenvalue weighted by molar-refractivity contribution is 6.30. The lowest BCUT2D eigenvalue weighted by atomic mass is 10.2. The van der Waals surface area contributed by atoms with Gasteiger partial charge >= 0.3 is 5.97 Å². The highest BCUT2D eigenvalue weighted by atomic mass is 35.5. The number of aromatic nitrogens is 4. The van der Waals surface area contributed by atoms with Gasteiger partial charge in [-0.05, 0) is 43.3 Å². The number of ether oxygens (including phenoxy) is 1. The molecular formula is C23H18ClN5O4. The average Bonchev–Trinajstić information content (AvgIpc) is 3.23. The summed E-state index contributed by atoms with van der Waals surface area (Å²) < 4.78 is 6.45. The zero-order valence-corrected chi connectivity index (χ0v) is 18.2. The molecule has 0 saturated carbocycles. The molecule has 0 bridgehead atoms. The minimum Gasteiger partial charge on any atom is -0.462 e. The molecule has 166 valence electrons. The molecule has 33 heavy (non-hydrogen) atoms. The second-order valence-corrected chi connectivity index (χ2v) is 7.25. The molecule has 10 heteroatoms. The molecule has 0 saturated heterocycles. The molecule has 1 amide bonds. The third-order valence-electron chi connectivity index (χ3n) is 4.66. The van der Waals surface area contributed by atoms with Crippen molar-refractivity contribution < 1.29 is 14.3 Å². The number of hydrogen-bond acceptors (Lipinski definition) is 6. The van der Waals surface area contributed by atoms with Gasteiger partial charge in [0.1, 0.15) is 17.0 Å². The summed E-state index contributed by atoms with van der Waals surface area (Å²) >= 11 is 5.89. The standard InChI is InChI=1S/C23H18ClN5O4/c1-2-33-23(32)17-13-26-29(16-6-4-3-5-7-16)20(17)28-22(31)18-12-25-19(27-21(18)30)14-8-10-15(24)11-9-14/h3-13H,2H2,1H3,(H,28,31)(H,25,27,30). The van der Waals surface area contributed by atoms with Gasteiger partial charge in [0.15, 0.2) is 5.82 Å². The van der Waals surface area contributed by atoms with E-state index in [2.05, 4.69) is 20.4 Å². The minimum atomic E-state index is -0.755. The molecule has 0 fully saturated rings. The number of nitrogens with zero attached hydrogens (tertiary/aromatic N) is 3. The number of hydrogen-bond donors (Lipinski definition) is 2. The summed E-state index contributed by atoms with van der Waals surface area (Å²) in [5.41, 5.74) is 0.416. The SMILES string of the molecule is CCOC(=O)c1cnn(-c2ccccc2)c1NC(=O)c1cnc(-c2ccc(Cl)cc2)[nH]c1=O. The first-order valence-electron chi connectivity index (χ1n) is 9.95. The van der Waals surface area contributed by atoms with Crippen LogP contribution in [0.25, 0.3) is 17.1 Å². The highest BCUT2D eigenvalue weighted by Gasteiger charge is 2.23. The van der Waals surface area contributed by atoms with Crippen molar-refractivity contribution in [3.63, 3.8) is 0 Å². The largest absolute Gasteiger partial charge is 0.462 e. The van der Waals surface area contributed by atoms with E-state index < -0.39 is 17.4 Å². The number of H-pyrrole nitrogens is 1. The Morgan fingerprint density at radius 1 is 1.06 bits per heavy atom. The maximum atomic E-state index is 13.0. The molecule has 2 heterocycles. The smallest absolute Gasteiger partial charge is 0.343 e. The van der Waals surface area contributed by atoms with Crippen molar-refractivity contribution in [1.29, 1.82) is 0 Å². The molecule has 0 unspecified atom stereocenters. The lowest BCUT2D eigenvalue weighted by Gasteiger charge is -2.11. The Kier molecular flexibility index (Phi) is 6.32. The summed E-state index contributed by atoms with van der Waals surface area (Å²) in [5.74, 6) is -1.05. The first-order valence-corrected chi connectivity index (χ1v) is 10.3. The lowest BCUT2D eigenvalue weighted by Crippen LogP contribution is -2.26. The number of esters is 1. The Morgan fingerprint density at radius 2 is 1.79 bits per heavy atom. The maximum absolute atomic E-state index is 13.0. The van der Waals surface area contributed by atoms with Crippen molar-refractivity contribution in [3.8, 4) is 17.1 Å². The Bertz CT molecular complexity index is 1360. The van der Waals surface area contributed by atoms with Crippen LogP contribution in [0.15, 0.2) is 71.8 Å². The summed E-state index contributed by atoms with van der Waals surface area (Å²) in [4.78, 5) is 44.8. The van der Waals surface area contributed by atoms with Crippen molar-refractivity contribution in [3.05, 3.63) is 93.5 Å². The van der Waals surface area contributed by atoms with Crippen molar-refractivity contribution in [2.24, 2.45) is 0 Å². The van der Waals surface area contributed by atoms with Gasteiger partial charge in [-0.1, -0.05) is 29.8 Å². The van der Waals surface area contributed by atoms with Gasteiger partial charge in [-0.3, -0.25) is 9.59 Å². The fraction of sp³-hybridized carbons (Fsp3) is 0.0870. The van der Waals surface area contributed by atoms with E-state index in [4.69, 9.17) is 16.3 Å². The van der Waals surface area contributed by atoms with Crippen LogP contribution in [0, 0.1) is 0 Å². The fourth-order valence-electron chi connectivity index (χ4n) is 3.08. The predicted octanol–water partition coefficient (Wildman–Crippen LogP) is 3.71. The van der Waals surface area contributed by atoms with Gasteiger partial charge in [0.05, 0.1) is 18.5 Å². The van der Waals surface area contributed by atoms with Crippen LogP contribution in [0.1, 0.15) is 27.6 Å². The molecule has 4 aromatic rings. The Hall–Kier alpha value is -4.24. The first-order chi connectivity index (χ1) is 16.0. The number of carbonyl (C=O) groups excluding carboxylic acids is 2. The van der Waals surface area contributed by atoms with E-state index in [9.17, 15) is 14.4 Å².